The third-order valence-corrected chi connectivity index (χ3v) is 7.63. The van der Waals surface area contributed by atoms with Crippen molar-refractivity contribution >= 4 is 5.82 Å². The quantitative estimate of drug-likeness (QED) is 0.500. The fraction of sp³-hybridized carbons (Fsp3) is 0.370. The number of nitrogens with zero attached hydrogens (tertiary/aromatic N) is 5. The van der Waals surface area contributed by atoms with Gasteiger partial charge in [-0.2, -0.15) is 5.26 Å². The zero-order chi connectivity index (χ0) is 26.5. The third kappa shape index (κ3) is 3.80. The summed E-state index contributed by atoms with van der Waals surface area (Å²) < 4.78 is 25.5. The number of hydrogen-bond acceptors (Lipinski definition) is 10. The molecular weight excluding hydrogens is 489 g/mol. The first kappa shape index (κ1) is 24.4. The zero-order valence-corrected chi connectivity index (χ0v) is 21.1. The molecule has 11 heteroatoms. The number of likely N-dealkylation sites (N-methyl/N-ethyl adjacent to an activating group) is 1. The maximum atomic E-state index is 14.4. The van der Waals surface area contributed by atoms with Gasteiger partial charge in [-0.25, -0.2) is 14.4 Å². The Morgan fingerprint density at radius 2 is 2.11 bits per heavy atom. The molecule has 0 spiro atoms. The van der Waals surface area contributed by atoms with Crippen molar-refractivity contribution in [1.29, 1.82) is 5.26 Å². The summed E-state index contributed by atoms with van der Waals surface area (Å²) in [6.45, 7) is 1.42. The van der Waals surface area contributed by atoms with Gasteiger partial charge in [0.15, 0.2) is 5.82 Å². The van der Waals surface area contributed by atoms with Crippen LogP contribution < -0.4 is 20.4 Å². The van der Waals surface area contributed by atoms with Crippen molar-refractivity contribution < 1.29 is 19.0 Å². The molecule has 196 valence electrons. The number of aromatic nitrogens is 2. The van der Waals surface area contributed by atoms with E-state index < -0.39 is 17.0 Å². The van der Waals surface area contributed by atoms with Gasteiger partial charge in [0.25, 0.3) is 0 Å². The molecule has 0 aromatic carbocycles. The molecular formula is C27H28FN7O3. The van der Waals surface area contributed by atoms with E-state index in [4.69, 9.17) is 14.5 Å². The third-order valence-electron chi connectivity index (χ3n) is 7.63. The highest BCUT2D eigenvalue weighted by Gasteiger charge is 2.51. The van der Waals surface area contributed by atoms with Gasteiger partial charge in [-0.3, -0.25) is 10.4 Å². The van der Waals surface area contributed by atoms with Crippen LogP contribution in [-0.4, -0.2) is 66.6 Å². The van der Waals surface area contributed by atoms with E-state index in [-0.39, 0.29) is 25.1 Å². The van der Waals surface area contributed by atoms with Gasteiger partial charge in [0.2, 0.25) is 5.88 Å². The summed E-state index contributed by atoms with van der Waals surface area (Å²) >= 11 is 0. The number of pyridine rings is 2. The number of nitrogens with one attached hydrogen (secondary N) is 2. The van der Waals surface area contributed by atoms with E-state index in [0.717, 1.165) is 41.2 Å². The van der Waals surface area contributed by atoms with Crippen LogP contribution in [-0.2, 0) is 15.9 Å². The van der Waals surface area contributed by atoms with E-state index in [2.05, 4.69) is 26.7 Å². The number of aliphatic hydroxyl groups excluding tert-OH is 1. The summed E-state index contributed by atoms with van der Waals surface area (Å²) in [5.41, 5.74) is 5.36. The van der Waals surface area contributed by atoms with Crippen LogP contribution in [0.2, 0.25) is 0 Å². The normalized spacial score (nSPS) is 27.3. The highest BCUT2D eigenvalue weighted by Crippen LogP contribution is 2.43. The Morgan fingerprint density at radius 3 is 2.79 bits per heavy atom. The highest BCUT2D eigenvalue weighted by atomic mass is 19.1. The smallest absolute Gasteiger partial charge is 0.250 e. The minimum Gasteiger partial charge on any atom is -0.479 e. The summed E-state index contributed by atoms with van der Waals surface area (Å²) in [4.78, 5) is 11.1. The first-order valence-electron chi connectivity index (χ1n) is 12.4. The molecule has 2 bridgehead atoms. The van der Waals surface area contributed by atoms with E-state index in [1.807, 2.05) is 37.4 Å². The number of aliphatic hydroxyl groups is 1. The number of hydrazine groups is 1. The van der Waals surface area contributed by atoms with Crippen LogP contribution in [0.1, 0.15) is 17.5 Å². The van der Waals surface area contributed by atoms with Crippen LogP contribution in [0.15, 0.2) is 65.8 Å². The van der Waals surface area contributed by atoms with Crippen molar-refractivity contribution in [2.45, 2.75) is 23.6 Å². The number of halogens is 1. The number of piperazine rings is 1. The second-order valence-electron chi connectivity index (χ2n) is 9.93. The van der Waals surface area contributed by atoms with Crippen LogP contribution >= 0.6 is 0 Å². The summed E-state index contributed by atoms with van der Waals surface area (Å²) in [5.74, 6) is 0.319. The first-order valence-corrected chi connectivity index (χ1v) is 12.4. The van der Waals surface area contributed by atoms with Crippen LogP contribution in [0.5, 0.6) is 5.88 Å². The standard InChI is InChI=1S/C27H28FN7O3/c1-34-23-11-27(38-8-7-36,6-5-20(23)22(12-29)33-34)17-3-4-24(30-13-17)35-15-19-10-26(16-35,32-19)18-9-21(28)25(37-2)31-14-18/h3-6,9,11,13-14,19,32-33,36H,7-8,10,15-16H2,1-2H3. The first-order chi connectivity index (χ1) is 18.4. The number of ether oxygens (including phenoxy) is 2. The van der Waals surface area contributed by atoms with E-state index in [9.17, 15) is 14.8 Å². The summed E-state index contributed by atoms with van der Waals surface area (Å²) in [5, 5.41) is 24.3. The number of allylic oxidation sites excluding steroid dienone is 2. The van der Waals surface area contributed by atoms with Crippen molar-refractivity contribution in [3.8, 4) is 11.9 Å². The van der Waals surface area contributed by atoms with Crippen LogP contribution in [0.3, 0.4) is 0 Å². The fourth-order valence-corrected chi connectivity index (χ4v) is 5.83. The molecule has 2 aromatic rings. The Hall–Kier alpha value is -3.98. The zero-order valence-electron chi connectivity index (χ0n) is 21.1. The predicted octanol–water partition coefficient (Wildman–Crippen LogP) is 1.59. The maximum Gasteiger partial charge on any atom is 0.250 e. The maximum absolute atomic E-state index is 14.4. The van der Waals surface area contributed by atoms with Crippen molar-refractivity contribution in [1.82, 2.24) is 25.7 Å². The number of hydrogen-bond donors (Lipinski definition) is 3. The van der Waals surface area contributed by atoms with Crippen molar-refractivity contribution in [2.24, 2.45) is 0 Å². The lowest BCUT2D eigenvalue weighted by Crippen LogP contribution is -2.73. The number of fused-ring (bicyclic) bond motifs is 3. The molecule has 3 saturated heterocycles. The van der Waals surface area contributed by atoms with Crippen molar-refractivity contribution in [3.63, 3.8) is 0 Å². The van der Waals surface area contributed by atoms with Gasteiger partial charge >= 0.3 is 0 Å². The minimum atomic E-state index is -0.951. The lowest BCUT2D eigenvalue weighted by Gasteiger charge is -2.58. The van der Waals surface area contributed by atoms with Gasteiger partial charge in [0, 0.05) is 49.7 Å². The van der Waals surface area contributed by atoms with Gasteiger partial charge < -0.3 is 24.8 Å². The number of nitriles is 1. The molecule has 7 rings (SSSR count). The second kappa shape index (κ2) is 9.09. The molecule has 6 heterocycles. The molecule has 38 heavy (non-hydrogen) atoms. The number of anilines is 1. The molecule has 0 saturated carbocycles. The minimum absolute atomic E-state index is 0.0129. The van der Waals surface area contributed by atoms with Crippen molar-refractivity contribution in [3.05, 3.63) is 82.7 Å². The molecule has 2 aromatic heterocycles. The summed E-state index contributed by atoms with van der Waals surface area (Å²) in [7, 11) is 3.24. The van der Waals surface area contributed by atoms with Crippen LogP contribution in [0.4, 0.5) is 10.2 Å². The topological polar surface area (TPSA) is 119 Å². The van der Waals surface area contributed by atoms with E-state index in [0.29, 0.717) is 12.2 Å². The van der Waals surface area contributed by atoms with Crippen LogP contribution in [0, 0.1) is 17.1 Å². The molecule has 3 N–H and O–H groups in total. The Morgan fingerprint density at radius 1 is 1.29 bits per heavy atom. The Kier molecular flexibility index (Phi) is 5.83. The van der Waals surface area contributed by atoms with E-state index >= 15 is 0 Å². The number of rotatable bonds is 7. The monoisotopic (exact) mass is 517 g/mol. The van der Waals surface area contributed by atoms with Gasteiger partial charge in [0.1, 0.15) is 23.2 Å². The Labute approximate surface area is 219 Å². The second-order valence-corrected chi connectivity index (χ2v) is 9.93. The predicted molar refractivity (Wildman–Crippen MR) is 136 cm³/mol. The largest absolute Gasteiger partial charge is 0.479 e. The molecule has 0 amide bonds. The van der Waals surface area contributed by atoms with Gasteiger partial charge in [-0.15, -0.1) is 0 Å². The Balaban J connectivity index is 1.27. The lowest BCUT2D eigenvalue weighted by atomic mass is 9.73. The number of methoxy groups -OCH3 is 1. The molecule has 10 nitrogen and oxygen atoms in total. The van der Waals surface area contributed by atoms with Crippen molar-refractivity contribution in [2.75, 3.05) is 45.4 Å². The van der Waals surface area contributed by atoms with Gasteiger partial charge in [0.05, 0.1) is 31.6 Å². The molecule has 1 aliphatic carbocycles. The molecule has 0 radical (unpaired) electrons. The van der Waals surface area contributed by atoms with Gasteiger partial charge in [-0.05, 0) is 36.3 Å². The van der Waals surface area contributed by atoms with Gasteiger partial charge in [-0.1, -0.05) is 12.1 Å². The average Bonchev–Trinajstić information content (AvgIpc) is 3.26. The lowest BCUT2D eigenvalue weighted by molar-refractivity contribution is 0.00161. The summed E-state index contributed by atoms with van der Waals surface area (Å²) in [6.07, 6.45) is 10.0. The molecule has 5 aliphatic rings. The number of piperidine rings is 1. The molecule has 3 fully saturated rings. The SMILES string of the molecule is COc1ncc(C23CC(CN(c4ccc(C5(OCCO)C=CC6=C(C#N)NN(C)C6=C5)cn4)C2)N3)cc1F. The Bertz CT molecular complexity index is 1390. The molecule has 3 unspecified atom stereocenters. The molecule has 3 atom stereocenters. The highest BCUT2D eigenvalue weighted by molar-refractivity contribution is 5.57. The van der Waals surface area contributed by atoms with E-state index in [1.165, 1.54) is 13.2 Å². The van der Waals surface area contributed by atoms with E-state index in [1.54, 1.807) is 17.4 Å². The van der Waals surface area contributed by atoms with Crippen LogP contribution in [0.25, 0.3) is 0 Å². The summed E-state index contributed by atoms with van der Waals surface area (Å²) in [6, 6.07) is 7.87. The fourth-order valence-electron chi connectivity index (χ4n) is 5.83. The molecule has 4 aliphatic heterocycles. The average molecular weight is 518 g/mol.